The molecule has 0 radical (unpaired) electrons. The van der Waals surface area contributed by atoms with E-state index in [9.17, 15) is 9.18 Å². The summed E-state index contributed by atoms with van der Waals surface area (Å²) in [5.41, 5.74) is 4.60. The molecule has 3 aromatic carbocycles. The summed E-state index contributed by atoms with van der Waals surface area (Å²) in [5, 5.41) is 5.90. The lowest BCUT2D eigenvalue weighted by Gasteiger charge is -2.06. The highest BCUT2D eigenvalue weighted by molar-refractivity contribution is 6.31. The van der Waals surface area contributed by atoms with Gasteiger partial charge < -0.3 is 4.74 Å². The lowest BCUT2D eigenvalue weighted by Crippen LogP contribution is -2.20. The molecule has 0 saturated carbocycles. The minimum atomic E-state index is -0.312. The van der Waals surface area contributed by atoms with Crippen LogP contribution in [0.15, 0.2) is 77.7 Å². The Labute approximate surface area is 210 Å². The van der Waals surface area contributed by atoms with Gasteiger partial charge in [0.2, 0.25) is 0 Å². The van der Waals surface area contributed by atoms with Gasteiger partial charge in [-0.05, 0) is 72.7 Å². The minimum Gasteiger partial charge on any atom is -0.497 e. The van der Waals surface area contributed by atoms with Crippen LogP contribution in [0.1, 0.15) is 17.8 Å². The van der Waals surface area contributed by atoms with E-state index in [4.69, 9.17) is 26.4 Å². The minimum absolute atomic E-state index is 0.0786. The number of nitrogens with zero attached hydrogens (tertiary/aromatic N) is 4. The number of aromatic nitrogens is 4. The van der Waals surface area contributed by atoms with Gasteiger partial charge in [0.15, 0.2) is 0 Å². The maximum absolute atomic E-state index is 13.5. The number of hydrogen-bond donors (Lipinski definition) is 0. The number of fused-ring (bicyclic) bond motifs is 2. The monoisotopic (exact) mass is 498 g/mol. The van der Waals surface area contributed by atoms with Crippen molar-refractivity contribution in [1.29, 1.82) is 0 Å². The Kier molecular flexibility index (Phi) is 5.42. The van der Waals surface area contributed by atoms with E-state index in [1.165, 1.54) is 12.1 Å². The Morgan fingerprint density at radius 3 is 2.72 bits per heavy atom. The fraction of sp³-hybridized carbons (Fsp3) is 0.107. The van der Waals surface area contributed by atoms with E-state index in [0.717, 1.165) is 28.1 Å². The molecule has 0 N–H and O–H groups in total. The molecule has 0 amide bonds. The first-order valence-electron chi connectivity index (χ1n) is 11.4. The lowest BCUT2D eigenvalue weighted by atomic mass is 10.0. The van der Waals surface area contributed by atoms with Gasteiger partial charge in [-0.1, -0.05) is 23.7 Å². The van der Waals surface area contributed by atoms with Crippen LogP contribution in [0.4, 0.5) is 4.39 Å². The second-order valence-electron chi connectivity index (χ2n) is 8.56. The van der Waals surface area contributed by atoms with Crippen molar-refractivity contribution in [1.82, 2.24) is 19.3 Å². The van der Waals surface area contributed by atoms with Crippen LogP contribution in [0, 0.1) is 5.82 Å². The number of benzene rings is 3. The Bertz CT molecular complexity index is 1720. The van der Waals surface area contributed by atoms with Crippen LogP contribution < -0.4 is 10.3 Å². The predicted molar refractivity (Wildman–Crippen MR) is 139 cm³/mol. The van der Waals surface area contributed by atoms with E-state index in [-0.39, 0.29) is 11.4 Å². The highest BCUT2D eigenvalue weighted by atomic mass is 35.5. The zero-order valence-electron chi connectivity index (χ0n) is 19.3. The van der Waals surface area contributed by atoms with Gasteiger partial charge >= 0.3 is 0 Å². The van der Waals surface area contributed by atoms with Crippen molar-refractivity contribution >= 4 is 34.2 Å². The fourth-order valence-corrected chi connectivity index (χ4v) is 4.70. The second-order valence-corrected chi connectivity index (χ2v) is 9.00. The molecule has 178 valence electrons. The number of ether oxygens (including phenoxy) is 1. The van der Waals surface area contributed by atoms with Crippen molar-refractivity contribution in [3.63, 3.8) is 0 Å². The molecule has 0 atom stereocenters. The predicted octanol–water partition coefficient (Wildman–Crippen LogP) is 5.99. The first kappa shape index (κ1) is 22.2. The van der Waals surface area contributed by atoms with Gasteiger partial charge in [0.05, 0.1) is 23.7 Å². The largest absolute Gasteiger partial charge is 0.497 e. The summed E-state index contributed by atoms with van der Waals surface area (Å²) in [6.07, 6.45) is 4.57. The molecule has 6 nitrogen and oxygen atoms in total. The van der Waals surface area contributed by atoms with Crippen molar-refractivity contribution in [2.45, 2.75) is 13.0 Å². The first-order chi connectivity index (χ1) is 17.5. The SMILES string of the molecule is COc1cccc(-c2nn(-c3ccc(F)cc3)cc2C=C2CCn3c2nc2cc(Cl)ccc2c3=O)c1. The molecule has 6 rings (SSSR count). The molecule has 3 heterocycles. The van der Waals surface area contributed by atoms with Crippen LogP contribution in [0.25, 0.3) is 39.5 Å². The zero-order valence-corrected chi connectivity index (χ0v) is 20.0. The van der Waals surface area contributed by atoms with E-state index in [0.29, 0.717) is 40.5 Å². The van der Waals surface area contributed by atoms with Crippen LogP contribution in [0.5, 0.6) is 5.75 Å². The van der Waals surface area contributed by atoms with Crippen molar-refractivity contribution in [3.8, 4) is 22.7 Å². The maximum atomic E-state index is 13.5. The van der Waals surface area contributed by atoms with Gasteiger partial charge in [0.1, 0.15) is 23.1 Å². The summed E-state index contributed by atoms with van der Waals surface area (Å²) in [6, 6.07) is 19.0. The van der Waals surface area contributed by atoms with E-state index in [1.807, 2.05) is 36.5 Å². The van der Waals surface area contributed by atoms with E-state index in [2.05, 4.69) is 0 Å². The summed E-state index contributed by atoms with van der Waals surface area (Å²) >= 11 is 6.16. The number of hydrogen-bond acceptors (Lipinski definition) is 4. The fourth-order valence-electron chi connectivity index (χ4n) is 4.53. The molecule has 5 aromatic rings. The standard InChI is InChI=1S/C28H20ClFN4O2/c1-36-23-4-2-3-17(14-23)26-19(16-34(32-26)22-8-6-21(30)7-9-22)13-18-11-12-33-27(18)31-25-15-20(29)5-10-24(25)28(33)35/h2-10,13-16H,11-12H2,1H3. The molecule has 1 aliphatic heterocycles. The van der Waals surface area contributed by atoms with Crippen molar-refractivity contribution < 1.29 is 9.13 Å². The Balaban J connectivity index is 1.52. The second kappa shape index (κ2) is 8.77. The molecule has 0 spiro atoms. The van der Waals surface area contributed by atoms with Crippen molar-refractivity contribution in [2.24, 2.45) is 0 Å². The zero-order chi connectivity index (χ0) is 24.8. The molecule has 0 saturated heterocycles. The van der Waals surface area contributed by atoms with Gasteiger partial charge in [-0.2, -0.15) is 5.10 Å². The van der Waals surface area contributed by atoms with Crippen LogP contribution in [-0.4, -0.2) is 26.4 Å². The van der Waals surface area contributed by atoms with E-state index < -0.39 is 0 Å². The molecule has 1 aliphatic rings. The third-order valence-electron chi connectivity index (χ3n) is 6.32. The number of halogens is 2. The first-order valence-corrected chi connectivity index (χ1v) is 11.8. The van der Waals surface area contributed by atoms with Crippen molar-refractivity contribution in [2.75, 3.05) is 7.11 Å². The molecule has 36 heavy (non-hydrogen) atoms. The lowest BCUT2D eigenvalue weighted by molar-refractivity contribution is 0.415. The number of allylic oxidation sites excluding steroid dienone is 1. The van der Waals surface area contributed by atoms with Gasteiger partial charge in [-0.15, -0.1) is 0 Å². The van der Waals surface area contributed by atoms with Gasteiger partial charge in [0.25, 0.3) is 5.56 Å². The normalized spacial score (nSPS) is 13.9. The van der Waals surface area contributed by atoms with Gasteiger partial charge in [-0.25, -0.2) is 14.1 Å². The van der Waals surface area contributed by atoms with Crippen LogP contribution >= 0.6 is 11.6 Å². The molecule has 0 aliphatic carbocycles. The third kappa shape index (κ3) is 3.87. The average Bonchev–Trinajstić information content (AvgIpc) is 3.49. The van der Waals surface area contributed by atoms with Gasteiger partial charge in [0, 0.05) is 28.9 Å². The van der Waals surface area contributed by atoms with Crippen LogP contribution in [0.3, 0.4) is 0 Å². The third-order valence-corrected chi connectivity index (χ3v) is 6.55. The Morgan fingerprint density at radius 1 is 1.08 bits per heavy atom. The number of methoxy groups -OCH3 is 1. The van der Waals surface area contributed by atoms with E-state index >= 15 is 0 Å². The maximum Gasteiger partial charge on any atom is 0.261 e. The Hall–Kier alpha value is -4.23. The smallest absolute Gasteiger partial charge is 0.261 e. The van der Waals surface area contributed by atoms with Gasteiger partial charge in [-0.3, -0.25) is 9.36 Å². The summed E-state index contributed by atoms with van der Waals surface area (Å²) in [6.45, 7) is 0.548. The van der Waals surface area contributed by atoms with Crippen LogP contribution in [0.2, 0.25) is 5.02 Å². The summed E-state index contributed by atoms with van der Waals surface area (Å²) in [5.74, 6) is 1.03. The topological polar surface area (TPSA) is 61.9 Å². The molecule has 0 fully saturated rings. The summed E-state index contributed by atoms with van der Waals surface area (Å²) < 4.78 is 22.4. The molecule has 2 aromatic heterocycles. The average molecular weight is 499 g/mol. The van der Waals surface area contributed by atoms with E-state index in [1.54, 1.807) is 46.7 Å². The molecular formula is C28H20ClFN4O2. The molecule has 8 heteroatoms. The molecule has 0 bridgehead atoms. The highest BCUT2D eigenvalue weighted by Crippen LogP contribution is 2.33. The number of rotatable bonds is 4. The molecular weight excluding hydrogens is 479 g/mol. The Morgan fingerprint density at radius 2 is 1.92 bits per heavy atom. The summed E-state index contributed by atoms with van der Waals surface area (Å²) in [7, 11) is 1.62. The summed E-state index contributed by atoms with van der Waals surface area (Å²) in [4.78, 5) is 17.9. The molecule has 0 unspecified atom stereocenters. The highest BCUT2D eigenvalue weighted by Gasteiger charge is 2.22. The van der Waals surface area contributed by atoms with Crippen molar-refractivity contribution in [3.05, 3.63) is 106 Å². The van der Waals surface area contributed by atoms with Crippen LogP contribution in [-0.2, 0) is 6.54 Å². The quantitative estimate of drug-likeness (QED) is 0.305.